The summed E-state index contributed by atoms with van der Waals surface area (Å²) in [6.07, 6.45) is 3.97. The molecule has 2 unspecified atom stereocenters. The van der Waals surface area contributed by atoms with E-state index in [2.05, 4.69) is 36.2 Å². The van der Waals surface area contributed by atoms with Gasteiger partial charge >= 0.3 is 0 Å². The molecule has 0 spiro atoms. The molecule has 0 aromatic carbocycles. The van der Waals surface area contributed by atoms with E-state index >= 15 is 0 Å². The van der Waals surface area contributed by atoms with Gasteiger partial charge in [-0.1, -0.05) is 6.42 Å². The topological polar surface area (TPSA) is 28.2 Å². The largest absolute Gasteiger partial charge is 0.250 e. The molecule has 1 aliphatic heterocycles. The lowest BCUT2D eigenvalue weighted by atomic mass is 10.00. The van der Waals surface area contributed by atoms with Crippen molar-refractivity contribution in [2.45, 2.75) is 58.7 Å². The second kappa shape index (κ2) is 5.25. The molecular weight excluding hydrogens is 218 g/mol. The van der Waals surface area contributed by atoms with Gasteiger partial charge in [-0.25, -0.2) is 15.4 Å². The molecule has 1 fully saturated rings. The van der Waals surface area contributed by atoms with Crippen LogP contribution in [0.2, 0.25) is 0 Å². The molecule has 2 heterocycles. The molecule has 0 aliphatic carbocycles. The molecular formula is C12H21N3S. The molecule has 0 saturated carbocycles. The quantitative estimate of drug-likeness (QED) is 0.879. The zero-order valence-electron chi connectivity index (χ0n) is 10.4. The Morgan fingerprint density at radius 2 is 2.12 bits per heavy atom. The maximum Gasteiger partial charge on any atom is 0.0798 e. The Morgan fingerprint density at radius 3 is 2.69 bits per heavy atom. The van der Waals surface area contributed by atoms with E-state index in [1.807, 2.05) is 5.51 Å². The maximum atomic E-state index is 4.28. The number of nitrogens with one attached hydrogen (secondary N) is 1. The van der Waals surface area contributed by atoms with Gasteiger partial charge in [0.25, 0.3) is 0 Å². The molecule has 1 saturated heterocycles. The van der Waals surface area contributed by atoms with Crippen molar-refractivity contribution >= 4 is 11.3 Å². The van der Waals surface area contributed by atoms with Crippen LogP contribution in [0.4, 0.5) is 0 Å². The third-order valence-electron chi connectivity index (χ3n) is 3.46. The zero-order chi connectivity index (χ0) is 11.5. The highest BCUT2D eigenvalue weighted by Crippen LogP contribution is 2.21. The van der Waals surface area contributed by atoms with Crippen LogP contribution in [0.3, 0.4) is 0 Å². The van der Waals surface area contributed by atoms with Gasteiger partial charge < -0.3 is 0 Å². The van der Waals surface area contributed by atoms with Crippen molar-refractivity contribution in [3.05, 3.63) is 16.1 Å². The predicted octanol–water partition coefficient (Wildman–Crippen LogP) is 2.72. The lowest BCUT2D eigenvalue weighted by Crippen LogP contribution is -2.51. The van der Waals surface area contributed by atoms with Gasteiger partial charge in [-0.2, -0.15) is 0 Å². The minimum absolute atomic E-state index is 0.650. The Kier molecular flexibility index (Phi) is 3.95. The van der Waals surface area contributed by atoms with Crippen molar-refractivity contribution in [1.82, 2.24) is 15.4 Å². The number of hydrazine groups is 1. The summed E-state index contributed by atoms with van der Waals surface area (Å²) in [5, 5.41) is 2.42. The van der Waals surface area contributed by atoms with Gasteiger partial charge in [0.2, 0.25) is 0 Å². The van der Waals surface area contributed by atoms with Crippen LogP contribution < -0.4 is 5.43 Å². The number of thiazole rings is 1. The number of hydrogen-bond acceptors (Lipinski definition) is 4. The number of aromatic nitrogens is 1. The average molecular weight is 239 g/mol. The van der Waals surface area contributed by atoms with Crippen LogP contribution in [0, 0.1) is 6.92 Å². The minimum atomic E-state index is 0.650. The first kappa shape index (κ1) is 12.0. The first-order chi connectivity index (χ1) is 7.68. The molecule has 2 rings (SSSR count). The van der Waals surface area contributed by atoms with Crippen LogP contribution in [0.15, 0.2) is 5.51 Å². The van der Waals surface area contributed by atoms with Crippen molar-refractivity contribution in [3.63, 3.8) is 0 Å². The van der Waals surface area contributed by atoms with Crippen molar-refractivity contribution < 1.29 is 0 Å². The summed E-state index contributed by atoms with van der Waals surface area (Å²) >= 11 is 1.74. The maximum absolute atomic E-state index is 4.28. The van der Waals surface area contributed by atoms with Crippen LogP contribution in [0.25, 0.3) is 0 Å². The summed E-state index contributed by atoms with van der Waals surface area (Å²) in [4.78, 5) is 5.63. The van der Waals surface area contributed by atoms with Gasteiger partial charge in [-0.15, -0.1) is 11.3 Å². The molecule has 1 N–H and O–H groups in total. The van der Waals surface area contributed by atoms with Crippen LogP contribution in [0.5, 0.6) is 0 Å². The summed E-state index contributed by atoms with van der Waals surface area (Å²) in [7, 11) is 0. The summed E-state index contributed by atoms with van der Waals surface area (Å²) in [5.41, 5.74) is 6.66. The van der Waals surface area contributed by atoms with E-state index in [4.69, 9.17) is 0 Å². The fourth-order valence-electron chi connectivity index (χ4n) is 2.39. The van der Waals surface area contributed by atoms with E-state index in [1.165, 1.54) is 24.1 Å². The van der Waals surface area contributed by atoms with Crippen LogP contribution >= 0.6 is 11.3 Å². The Morgan fingerprint density at radius 1 is 1.44 bits per heavy atom. The number of hydrogen-bond donors (Lipinski definition) is 1. The molecule has 0 radical (unpaired) electrons. The van der Waals surface area contributed by atoms with Gasteiger partial charge in [-0.05, 0) is 33.6 Å². The van der Waals surface area contributed by atoms with Crippen molar-refractivity contribution in [2.24, 2.45) is 0 Å². The Bertz CT molecular complexity index is 327. The highest BCUT2D eigenvalue weighted by atomic mass is 32.1. The van der Waals surface area contributed by atoms with Crippen molar-refractivity contribution in [2.75, 3.05) is 0 Å². The first-order valence-electron chi connectivity index (χ1n) is 6.09. The highest BCUT2D eigenvalue weighted by Gasteiger charge is 2.24. The highest BCUT2D eigenvalue weighted by molar-refractivity contribution is 7.09. The molecule has 90 valence electrons. The second-order valence-electron chi connectivity index (χ2n) is 4.73. The van der Waals surface area contributed by atoms with Gasteiger partial charge in [0.15, 0.2) is 0 Å². The Hall–Kier alpha value is -0.450. The summed E-state index contributed by atoms with van der Waals surface area (Å²) in [5.74, 6) is 0. The van der Waals surface area contributed by atoms with Gasteiger partial charge in [0, 0.05) is 23.5 Å². The number of piperidine rings is 1. The fraction of sp³-hybridized carbons (Fsp3) is 0.750. The molecule has 0 amide bonds. The summed E-state index contributed by atoms with van der Waals surface area (Å²) in [6, 6.07) is 1.30. The summed E-state index contributed by atoms with van der Waals surface area (Å²) < 4.78 is 0. The number of rotatable bonds is 3. The monoisotopic (exact) mass is 239 g/mol. The minimum Gasteiger partial charge on any atom is -0.250 e. The smallest absolute Gasteiger partial charge is 0.0798 e. The molecule has 4 heteroatoms. The number of aryl methyl sites for hydroxylation is 1. The molecule has 1 aliphatic rings. The van der Waals surface area contributed by atoms with Crippen molar-refractivity contribution in [3.8, 4) is 0 Å². The molecule has 16 heavy (non-hydrogen) atoms. The third-order valence-corrected chi connectivity index (χ3v) is 4.40. The molecule has 3 nitrogen and oxygen atoms in total. The average Bonchev–Trinajstić information content (AvgIpc) is 2.64. The van der Waals surface area contributed by atoms with E-state index < -0.39 is 0 Å². The lowest BCUT2D eigenvalue weighted by molar-refractivity contribution is 0.0438. The second-order valence-corrected chi connectivity index (χ2v) is 5.67. The number of nitrogens with zero attached hydrogens (tertiary/aromatic N) is 2. The molecule has 0 bridgehead atoms. The van der Waals surface area contributed by atoms with Gasteiger partial charge in [0.05, 0.1) is 11.2 Å². The van der Waals surface area contributed by atoms with Gasteiger partial charge in [0.1, 0.15) is 0 Å². The predicted molar refractivity (Wildman–Crippen MR) is 68.3 cm³/mol. The van der Waals surface area contributed by atoms with E-state index in [9.17, 15) is 0 Å². The molecule has 2 atom stereocenters. The third kappa shape index (κ3) is 2.62. The molecule has 1 aromatic heterocycles. The zero-order valence-corrected chi connectivity index (χ0v) is 11.2. The lowest BCUT2D eigenvalue weighted by Gasteiger charge is -2.39. The standard InChI is InChI=1S/C12H21N3S/c1-9-5-4-6-10(2)15(9)14-7-12-11(3)13-8-16-12/h8-10,14H,4-7H2,1-3H3. The normalized spacial score (nSPS) is 27.2. The van der Waals surface area contributed by atoms with E-state index in [-0.39, 0.29) is 0 Å². The van der Waals surface area contributed by atoms with Crippen LogP contribution in [-0.4, -0.2) is 22.1 Å². The Balaban J connectivity index is 1.91. The first-order valence-corrected chi connectivity index (χ1v) is 6.97. The van der Waals surface area contributed by atoms with Crippen LogP contribution in [-0.2, 0) is 6.54 Å². The van der Waals surface area contributed by atoms with E-state index in [1.54, 1.807) is 11.3 Å². The fourth-order valence-corrected chi connectivity index (χ4v) is 3.10. The van der Waals surface area contributed by atoms with Gasteiger partial charge in [-0.3, -0.25) is 0 Å². The van der Waals surface area contributed by atoms with Crippen LogP contribution in [0.1, 0.15) is 43.7 Å². The molecule has 1 aromatic rings. The Labute approximate surface area is 102 Å². The van der Waals surface area contributed by atoms with Crippen molar-refractivity contribution in [1.29, 1.82) is 0 Å². The van der Waals surface area contributed by atoms with E-state index in [0.717, 1.165) is 12.2 Å². The summed E-state index contributed by atoms with van der Waals surface area (Å²) in [6.45, 7) is 7.62. The van der Waals surface area contributed by atoms with E-state index in [0.29, 0.717) is 12.1 Å². The SMILES string of the molecule is Cc1ncsc1CNN1C(C)CCCC1C.